The minimum absolute atomic E-state index is 0.476. The van der Waals surface area contributed by atoms with Crippen LogP contribution in [0.3, 0.4) is 0 Å². The summed E-state index contributed by atoms with van der Waals surface area (Å²) in [5, 5.41) is 11.0. The van der Waals surface area contributed by atoms with E-state index in [1.165, 1.54) is 0 Å². The van der Waals surface area contributed by atoms with Crippen molar-refractivity contribution in [2.75, 3.05) is 53.4 Å². The van der Waals surface area contributed by atoms with Crippen LogP contribution in [0, 0.1) is 0 Å². The number of carboxylic acid groups (broad SMARTS) is 1. The third-order valence-electron chi connectivity index (χ3n) is 6.31. The van der Waals surface area contributed by atoms with Crippen LogP contribution in [0.2, 0.25) is 0 Å². The van der Waals surface area contributed by atoms with Gasteiger partial charge in [-0.2, -0.15) is 0 Å². The molecule has 1 aliphatic heterocycles. The average Bonchev–Trinajstić information content (AvgIpc) is 3.22. The number of aromatic nitrogens is 1. The quantitative estimate of drug-likeness (QED) is 0.493. The maximum atomic E-state index is 12.4. The summed E-state index contributed by atoms with van der Waals surface area (Å²) in [6.45, 7) is 5.88. The van der Waals surface area contributed by atoms with Crippen molar-refractivity contribution in [1.82, 2.24) is 19.7 Å². The number of hydrogen-bond donors (Lipinski definition) is 2. The molecular formula is C26H34N4O3. The molecule has 7 heteroatoms. The lowest BCUT2D eigenvalue weighted by Crippen LogP contribution is -2.49. The molecule has 1 saturated heterocycles. The number of carboxylic acids is 1. The molecule has 0 saturated carbocycles. The highest BCUT2D eigenvalue weighted by Gasteiger charge is 2.32. The summed E-state index contributed by atoms with van der Waals surface area (Å²) in [5.74, 6) is -0.0744. The van der Waals surface area contributed by atoms with E-state index in [0.717, 1.165) is 73.5 Å². The number of fused-ring (bicyclic) bond motifs is 1. The Morgan fingerprint density at radius 3 is 2.58 bits per heavy atom. The van der Waals surface area contributed by atoms with Crippen LogP contribution in [0.4, 0.5) is 0 Å². The minimum atomic E-state index is -0.812. The average molecular weight is 451 g/mol. The van der Waals surface area contributed by atoms with Crippen molar-refractivity contribution in [2.45, 2.75) is 19.1 Å². The second kappa shape index (κ2) is 10.8. The van der Waals surface area contributed by atoms with Gasteiger partial charge in [-0.25, -0.2) is 0 Å². The smallest absolute Gasteiger partial charge is 0.325 e. The van der Waals surface area contributed by atoms with E-state index < -0.39 is 12.0 Å². The van der Waals surface area contributed by atoms with Crippen LogP contribution >= 0.6 is 0 Å². The number of nitrogens with zero attached hydrogens (tertiary/aromatic N) is 3. The lowest BCUT2D eigenvalue weighted by Gasteiger charge is -2.37. The number of nitrogens with one attached hydrogen (secondary N) is 1. The summed E-state index contributed by atoms with van der Waals surface area (Å²) in [5.41, 5.74) is 2.81. The molecule has 1 fully saturated rings. The van der Waals surface area contributed by atoms with Crippen LogP contribution in [0.5, 0.6) is 5.75 Å². The zero-order valence-corrected chi connectivity index (χ0v) is 19.5. The summed E-state index contributed by atoms with van der Waals surface area (Å²) in [7, 11) is 4.18. The Hall–Kier alpha value is -2.87. The Kier molecular flexibility index (Phi) is 7.65. The Labute approximate surface area is 195 Å². The molecule has 0 spiro atoms. The van der Waals surface area contributed by atoms with Crippen LogP contribution in [0.15, 0.2) is 54.7 Å². The molecule has 1 unspecified atom stereocenters. The van der Waals surface area contributed by atoms with Gasteiger partial charge in [0, 0.05) is 48.8 Å². The van der Waals surface area contributed by atoms with Gasteiger partial charge in [0.2, 0.25) is 0 Å². The standard InChI is InChI=1S/C26H34N4O3/c1-28(2)11-6-12-29-13-15-30(16-14-29)25(26(31)32)23-18-27-24-10-9-21(17-22(23)24)33-19-20-7-4-3-5-8-20/h3-5,7-10,17-18,25,27H,6,11-16,19H2,1-2H3,(H,31,32). The van der Waals surface area contributed by atoms with Gasteiger partial charge in [0.05, 0.1) is 0 Å². The Morgan fingerprint density at radius 2 is 1.88 bits per heavy atom. The second-order valence-corrected chi connectivity index (χ2v) is 9.00. The molecule has 4 rings (SSSR count). The third kappa shape index (κ3) is 5.93. The molecule has 1 aromatic heterocycles. The van der Waals surface area contributed by atoms with Crippen molar-refractivity contribution >= 4 is 16.9 Å². The van der Waals surface area contributed by atoms with E-state index in [9.17, 15) is 9.90 Å². The number of ether oxygens (including phenoxy) is 1. The Balaban J connectivity index is 1.45. The second-order valence-electron chi connectivity index (χ2n) is 9.00. The van der Waals surface area contributed by atoms with Crippen molar-refractivity contribution in [3.63, 3.8) is 0 Å². The summed E-state index contributed by atoms with van der Waals surface area (Å²) < 4.78 is 5.99. The number of rotatable bonds is 10. The largest absolute Gasteiger partial charge is 0.489 e. The fourth-order valence-corrected chi connectivity index (χ4v) is 4.52. The lowest BCUT2D eigenvalue weighted by molar-refractivity contribution is -0.144. The van der Waals surface area contributed by atoms with Crippen LogP contribution in [-0.4, -0.2) is 84.1 Å². The molecule has 0 radical (unpaired) electrons. The van der Waals surface area contributed by atoms with Gasteiger partial charge in [0.25, 0.3) is 0 Å². The van der Waals surface area contributed by atoms with E-state index in [1.54, 1.807) is 0 Å². The summed E-state index contributed by atoms with van der Waals surface area (Å²) in [4.78, 5) is 22.3. The zero-order valence-electron chi connectivity index (χ0n) is 19.5. The molecule has 3 aromatic rings. The van der Waals surface area contributed by atoms with Crippen molar-refractivity contribution in [1.29, 1.82) is 0 Å². The van der Waals surface area contributed by atoms with E-state index in [0.29, 0.717) is 6.61 Å². The highest BCUT2D eigenvalue weighted by Crippen LogP contribution is 2.32. The fraction of sp³-hybridized carbons (Fsp3) is 0.423. The first-order chi connectivity index (χ1) is 16.0. The van der Waals surface area contributed by atoms with Crippen LogP contribution in [0.25, 0.3) is 10.9 Å². The molecule has 176 valence electrons. The third-order valence-corrected chi connectivity index (χ3v) is 6.31. The maximum absolute atomic E-state index is 12.4. The predicted molar refractivity (Wildman–Crippen MR) is 131 cm³/mol. The van der Waals surface area contributed by atoms with Crippen molar-refractivity contribution in [3.8, 4) is 5.75 Å². The topological polar surface area (TPSA) is 72.0 Å². The predicted octanol–water partition coefficient (Wildman–Crippen LogP) is 3.44. The van der Waals surface area contributed by atoms with Gasteiger partial charge >= 0.3 is 5.97 Å². The highest BCUT2D eigenvalue weighted by atomic mass is 16.5. The summed E-state index contributed by atoms with van der Waals surface area (Å²) >= 11 is 0. The molecule has 0 bridgehead atoms. The zero-order chi connectivity index (χ0) is 23.2. The number of H-pyrrole nitrogens is 1. The van der Waals surface area contributed by atoms with Gasteiger partial charge in [0.15, 0.2) is 0 Å². The molecule has 1 atom stereocenters. The van der Waals surface area contributed by atoms with Gasteiger partial charge in [0.1, 0.15) is 18.4 Å². The van der Waals surface area contributed by atoms with Crippen molar-refractivity contribution < 1.29 is 14.6 Å². The van der Waals surface area contributed by atoms with E-state index in [4.69, 9.17) is 4.74 Å². The van der Waals surface area contributed by atoms with E-state index in [2.05, 4.69) is 33.8 Å². The van der Waals surface area contributed by atoms with Crippen molar-refractivity contribution in [2.24, 2.45) is 0 Å². The molecule has 0 amide bonds. The lowest BCUT2D eigenvalue weighted by atomic mass is 10.0. The molecule has 2 heterocycles. The Bertz CT molecular complexity index is 1040. The first kappa shape index (κ1) is 23.3. The first-order valence-corrected chi connectivity index (χ1v) is 11.6. The number of carbonyl (C=O) groups is 1. The maximum Gasteiger partial charge on any atom is 0.325 e. The summed E-state index contributed by atoms with van der Waals surface area (Å²) in [6, 6.07) is 15.2. The first-order valence-electron chi connectivity index (χ1n) is 11.6. The number of aromatic amines is 1. The van der Waals surface area contributed by atoms with E-state index >= 15 is 0 Å². The molecule has 7 nitrogen and oxygen atoms in total. The molecule has 2 aromatic carbocycles. The van der Waals surface area contributed by atoms with Gasteiger partial charge in [-0.15, -0.1) is 0 Å². The highest BCUT2D eigenvalue weighted by molar-refractivity contribution is 5.90. The minimum Gasteiger partial charge on any atom is -0.489 e. The molecule has 33 heavy (non-hydrogen) atoms. The van der Waals surface area contributed by atoms with Gasteiger partial charge in [-0.3, -0.25) is 9.69 Å². The van der Waals surface area contributed by atoms with Crippen LogP contribution < -0.4 is 4.74 Å². The number of hydrogen-bond acceptors (Lipinski definition) is 5. The molecule has 1 aliphatic rings. The number of benzene rings is 2. The molecule has 2 N–H and O–H groups in total. The monoisotopic (exact) mass is 450 g/mol. The molecular weight excluding hydrogens is 416 g/mol. The van der Waals surface area contributed by atoms with E-state index in [-0.39, 0.29) is 0 Å². The van der Waals surface area contributed by atoms with Gasteiger partial charge in [-0.1, -0.05) is 30.3 Å². The number of aliphatic carboxylic acids is 1. The molecule has 0 aliphatic carbocycles. The normalized spacial score (nSPS) is 16.3. The fourth-order valence-electron chi connectivity index (χ4n) is 4.52. The number of piperazine rings is 1. The SMILES string of the molecule is CN(C)CCCN1CCN(C(C(=O)O)c2c[nH]c3ccc(OCc4ccccc4)cc23)CC1. The van der Waals surface area contributed by atoms with Crippen LogP contribution in [0.1, 0.15) is 23.6 Å². The van der Waals surface area contributed by atoms with Crippen molar-refractivity contribution in [3.05, 3.63) is 65.9 Å². The summed E-state index contributed by atoms with van der Waals surface area (Å²) in [6.07, 6.45) is 2.97. The van der Waals surface area contributed by atoms with Gasteiger partial charge in [-0.05, 0) is 57.4 Å². The van der Waals surface area contributed by atoms with E-state index in [1.807, 2.05) is 54.7 Å². The Morgan fingerprint density at radius 1 is 1.12 bits per heavy atom. The van der Waals surface area contributed by atoms with Gasteiger partial charge < -0.3 is 24.6 Å². The van der Waals surface area contributed by atoms with Crippen LogP contribution in [-0.2, 0) is 11.4 Å².